The molecule has 3 rings (SSSR count). The van der Waals surface area contributed by atoms with Crippen LogP contribution in [0.1, 0.15) is 12.6 Å². The van der Waals surface area contributed by atoms with Crippen molar-refractivity contribution in [2.45, 2.75) is 18.0 Å². The van der Waals surface area contributed by atoms with Crippen LogP contribution in [0.2, 0.25) is 0 Å². The monoisotopic (exact) mass is 477 g/mol. The summed E-state index contributed by atoms with van der Waals surface area (Å²) < 4.78 is 82.1. The topological polar surface area (TPSA) is 116 Å². The van der Waals surface area contributed by atoms with Gasteiger partial charge in [0.2, 0.25) is 0 Å². The largest absolute Gasteiger partial charge is 0.433 e. The molecule has 0 fully saturated rings. The molecule has 3 aromatic rings. The first kappa shape index (κ1) is 22.9. The van der Waals surface area contributed by atoms with E-state index < -0.39 is 37.0 Å². The Morgan fingerprint density at radius 1 is 1.13 bits per heavy atom. The molecule has 0 aliphatic carbocycles. The highest BCUT2D eigenvalue weighted by Crippen LogP contribution is 2.31. The van der Waals surface area contributed by atoms with Crippen molar-refractivity contribution in [1.82, 2.24) is 19.2 Å². The molecule has 0 spiro atoms. The van der Waals surface area contributed by atoms with E-state index in [0.29, 0.717) is 15.3 Å². The molecule has 0 N–H and O–H groups in total. The van der Waals surface area contributed by atoms with Gasteiger partial charge >= 0.3 is 6.18 Å². The fourth-order valence-electron chi connectivity index (χ4n) is 2.92. The number of fused-ring (bicyclic) bond motifs is 1. The minimum atomic E-state index is -4.72. The van der Waals surface area contributed by atoms with Crippen molar-refractivity contribution in [2.24, 2.45) is 11.4 Å². The van der Waals surface area contributed by atoms with Crippen LogP contribution < -0.4 is 5.56 Å². The number of nitrogens with zero attached hydrogens (tertiary/aromatic N) is 5. The lowest BCUT2D eigenvalue weighted by atomic mass is 10.2. The first-order chi connectivity index (χ1) is 14.1. The number of aryl methyl sites for hydroxylation is 1. The van der Waals surface area contributed by atoms with E-state index >= 15 is 0 Å². The lowest BCUT2D eigenvalue weighted by Gasteiger charge is -2.10. The normalized spacial score (nSPS) is 13.0. The van der Waals surface area contributed by atoms with Crippen LogP contribution in [0.15, 0.2) is 38.4 Å². The van der Waals surface area contributed by atoms with E-state index in [9.17, 15) is 30.6 Å². The van der Waals surface area contributed by atoms with Crippen LogP contribution in [-0.2, 0) is 32.8 Å². The summed E-state index contributed by atoms with van der Waals surface area (Å²) in [6.45, 7) is 1.39. The minimum absolute atomic E-state index is 0.0441. The van der Waals surface area contributed by atoms with Gasteiger partial charge in [0.25, 0.3) is 5.56 Å². The Balaban J connectivity index is 2.34. The Bertz CT molecular complexity index is 1470. The van der Waals surface area contributed by atoms with Gasteiger partial charge in [0.05, 0.1) is 28.2 Å². The van der Waals surface area contributed by atoms with Crippen LogP contribution >= 0.6 is 0 Å². The number of rotatable bonds is 4. The molecule has 0 aliphatic rings. The summed E-state index contributed by atoms with van der Waals surface area (Å²) in [5.41, 5.74) is -2.65. The molecule has 0 atom stereocenters. The molecule has 3 aromatic heterocycles. The fourth-order valence-corrected chi connectivity index (χ4v) is 4.59. The summed E-state index contributed by atoms with van der Waals surface area (Å²) in [4.78, 5) is 20.3. The van der Waals surface area contributed by atoms with Crippen molar-refractivity contribution < 1.29 is 25.8 Å². The molecule has 0 unspecified atom stereocenters. The zero-order valence-corrected chi connectivity index (χ0v) is 18.5. The summed E-state index contributed by atoms with van der Waals surface area (Å²) in [7, 11) is -5.45. The van der Waals surface area contributed by atoms with Gasteiger partial charge in [-0.1, -0.05) is 6.92 Å². The van der Waals surface area contributed by atoms with E-state index in [1.54, 1.807) is 0 Å². The number of halogens is 3. The summed E-state index contributed by atoms with van der Waals surface area (Å²) in [6.07, 6.45) is -0.842. The van der Waals surface area contributed by atoms with Crippen LogP contribution in [0.3, 0.4) is 0 Å². The molecule has 9 nitrogen and oxygen atoms in total. The number of hydrogen-bond acceptors (Lipinski definition) is 7. The molecule has 0 saturated heterocycles. The zero-order valence-electron chi connectivity index (χ0n) is 16.8. The Hall–Kier alpha value is -2.74. The SMILES string of the molecule is CCS(=O)(=O)c1cc(N=S(C)(C)=O)cnc1-c1cc(=O)n2c(cc(C(F)(F)F)n2C)n1. The lowest BCUT2D eigenvalue weighted by molar-refractivity contribution is -0.143. The van der Waals surface area contributed by atoms with E-state index in [0.717, 1.165) is 25.4 Å². The van der Waals surface area contributed by atoms with Gasteiger partial charge in [-0.3, -0.25) is 14.5 Å². The quantitative estimate of drug-likeness (QED) is 0.569. The number of aromatic nitrogens is 4. The third kappa shape index (κ3) is 4.49. The second kappa shape index (κ2) is 7.44. The predicted octanol–water partition coefficient (Wildman–Crippen LogP) is 2.27. The summed E-state index contributed by atoms with van der Waals surface area (Å²) in [6, 6.07) is 2.75. The molecular weight excluding hydrogens is 459 g/mol. The summed E-state index contributed by atoms with van der Waals surface area (Å²) in [5.74, 6) is -0.316. The molecule has 0 aromatic carbocycles. The van der Waals surface area contributed by atoms with Crippen LogP contribution in [0, 0.1) is 0 Å². The number of alkyl halides is 3. The van der Waals surface area contributed by atoms with E-state index in [1.165, 1.54) is 19.4 Å². The minimum Gasteiger partial charge on any atom is -0.275 e. The highest BCUT2D eigenvalue weighted by molar-refractivity contribution is 7.92. The summed E-state index contributed by atoms with van der Waals surface area (Å²) >= 11 is 0. The van der Waals surface area contributed by atoms with Gasteiger partial charge < -0.3 is 0 Å². The highest BCUT2D eigenvalue weighted by Gasteiger charge is 2.35. The van der Waals surface area contributed by atoms with Gasteiger partial charge in [0.1, 0.15) is 11.4 Å². The van der Waals surface area contributed by atoms with E-state index in [1.807, 2.05) is 0 Å². The Morgan fingerprint density at radius 2 is 1.77 bits per heavy atom. The predicted molar refractivity (Wildman–Crippen MR) is 108 cm³/mol. The molecule has 168 valence electrons. The Morgan fingerprint density at radius 3 is 2.32 bits per heavy atom. The van der Waals surface area contributed by atoms with Crippen LogP contribution in [0.5, 0.6) is 0 Å². The average Bonchev–Trinajstić information content (AvgIpc) is 2.97. The van der Waals surface area contributed by atoms with Crippen LogP contribution in [-0.4, -0.2) is 50.1 Å². The molecule has 14 heteroatoms. The molecule has 0 aliphatic heterocycles. The van der Waals surface area contributed by atoms with Crippen molar-refractivity contribution in [2.75, 3.05) is 18.3 Å². The smallest absolute Gasteiger partial charge is 0.275 e. The van der Waals surface area contributed by atoms with Gasteiger partial charge in [0, 0.05) is 41.4 Å². The summed E-state index contributed by atoms with van der Waals surface area (Å²) in [5, 5.41) is 0. The van der Waals surface area contributed by atoms with E-state index in [-0.39, 0.29) is 33.4 Å². The van der Waals surface area contributed by atoms with Crippen molar-refractivity contribution in [3.05, 3.63) is 40.4 Å². The maximum Gasteiger partial charge on any atom is 0.433 e. The molecule has 31 heavy (non-hydrogen) atoms. The van der Waals surface area contributed by atoms with Crippen molar-refractivity contribution >= 4 is 30.9 Å². The van der Waals surface area contributed by atoms with Crippen LogP contribution in [0.4, 0.5) is 18.9 Å². The van der Waals surface area contributed by atoms with Gasteiger partial charge in [-0.2, -0.15) is 22.0 Å². The van der Waals surface area contributed by atoms with Gasteiger partial charge in [-0.25, -0.2) is 17.6 Å². The molecule has 3 heterocycles. The molecule has 0 radical (unpaired) electrons. The van der Waals surface area contributed by atoms with Crippen molar-refractivity contribution in [3.8, 4) is 11.4 Å². The third-order valence-electron chi connectivity index (χ3n) is 4.25. The first-order valence-corrected chi connectivity index (χ1v) is 12.7. The number of hydrogen-bond donors (Lipinski definition) is 0. The number of pyridine rings is 1. The molecule has 0 amide bonds. The van der Waals surface area contributed by atoms with Crippen molar-refractivity contribution in [3.63, 3.8) is 0 Å². The third-order valence-corrected chi connectivity index (χ3v) is 6.64. The van der Waals surface area contributed by atoms with Crippen molar-refractivity contribution in [1.29, 1.82) is 0 Å². The van der Waals surface area contributed by atoms with Gasteiger partial charge in [-0.15, -0.1) is 0 Å². The average molecular weight is 477 g/mol. The van der Waals surface area contributed by atoms with E-state index in [4.69, 9.17) is 0 Å². The molecular formula is C17H18F3N5O4S2. The highest BCUT2D eigenvalue weighted by atomic mass is 32.2. The number of sulfone groups is 1. The maximum absolute atomic E-state index is 13.2. The molecule has 0 saturated carbocycles. The standard InChI is InChI=1S/C17H18F3N5O4S2/c1-5-31(28,29)12-6-10(23-30(3,4)27)9-21-16(12)11-7-15(26)25-14(22-11)8-13(24(25)2)17(18,19)20/h6-9H,5H2,1-4H3. The van der Waals surface area contributed by atoms with E-state index in [2.05, 4.69) is 14.3 Å². The fraction of sp³-hybridized carbons (Fsp3) is 0.353. The van der Waals surface area contributed by atoms with Gasteiger partial charge in [0.15, 0.2) is 15.5 Å². The second-order valence-electron chi connectivity index (χ2n) is 6.92. The van der Waals surface area contributed by atoms with Gasteiger partial charge in [-0.05, 0) is 6.07 Å². The Labute approximate surface area is 175 Å². The first-order valence-electron chi connectivity index (χ1n) is 8.71. The second-order valence-corrected chi connectivity index (χ2v) is 11.7. The molecule has 0 bridgehead atoms. The lowest BCUT2D eigenvalue weighted by Crippen LogP contribution is -2.22. The maximum atomic E-state index is 13.2. The zero-order chi connectivity index (χ0) is 23.4. The van der Waals surface area contributed by atoms with Crippen LogP contribution in [0.25, 0.3) is 17.0 Å². The Kier molecular flexibility index (Phi) is 5.51.